The Labute approximate surface area is 119 Å². The lowest BCUT2D eigenvalue weighted by atomic mass is 9.99. The third-order valence-corrected chi connectivity index (χ3v) is 3.19. The van der Waals surface area contributed by atoms with Gasteiger partial charge in [-0.2, -0.15) is 0 Å². The summed E-state index contributed by atoms with van der Waals surface area (Å²) in [6.45, 7) is 5.99. The van der Waals surface area contributed by atoms with E-state index < -0.39 is 0 Å². The Bertz CT molecular complexity index is 645. The molecule has 2 N–H and O–H groups in total. The van der Waals surface area contributed by atoms with Gasteiger partial charge in [-0.15, -0.1) is 0 Å². The molecule has 2 rings (SSSR count). The first kappa shape index (κ1) is 14.1. The molecule has 3 nitrogen and oxygen atoms in total. The molecule has 2 aromatic carbocycles. The van der Waals surface area contributed by atoms with E-state index in [9.17, 15) is 10.2 Å². The zero-order valence-corrected chi connectivity index (χ0v) is 12.0. The van der Waals surface area contributed by atoms with Crippen LogP contribution >= 0.6 is 0 Å². The van der Waals surface area contributed by atoms with E-state index in [1.165, 1.54) is 0 Å². The number of phenols is 2. The Balaban J connectivity index is 2.36. The number of phenolic OH excluding ortho intramolecular Hbond substituents is 2. The number of aryl methyl sites for hydroxylation is 1. The van der Waals surface area contributed by atoms with Gasteiger partial charge in [-0.3, -0.25) is 4.99 Å². The molecule has 2 aromatic rings. The standard InChI is InChI=1S/C17H19NO2/c1-11(2)15-9-16(12(3)7-17(15)20)18-10-13-5-4-6-14(19)8-13/h4-11,19-20H,1-3H3. The van der Waals surface area contributed by atoms with Crippen LogP contribution in [0, 0.1) is 6.92 Å². The van der Waals surface area contributed by atoms with E-state index in [2.05, 4.69) is 4.99 Å². The molecule has 0 saturated carbocycles. The van der Waals surface area contributed by atoms with Crippen LogP contribution in [-0.2, 0) is 0 Å². The van der Waals surface area contributed by atoms with Gasteiger partial charge in [0.1, 0.15) is 11.5 Å². The van der Waals surface area contributed by atoms with E-state index in [0.29, 0.717) is 5.75 Å². The minimum atomic E-state index is 0.222. The van der Waals surface area contributed by atoms with Gasteiger partial charge in [-0.1, -0.05) is 26.0 Å². The van der Waals surface area contributed by atoms with Crippen LogP contribution in [0.1, 0.15) is 36.5 Å². The highest BCUT2D eigenvalue weighted by Gasteiger charge is 2.09. The SMILES string of the molecule is Cc1cc(O)c(C(C)C)cc1N=Cc1cccc(O)c1. The van der Waals surface area contributed by atoms with E-state index in [4.69, 9.17) is 0 Å². The van der Waals surface area contributed by atoms with E-state index in [0.717, 1.165) is 22.4 Å². The normalized spacial score (nSPS) is 11.4. The molecular formula is C17H19NO2. The van der Waals surface area contributed by atoms with Crippen molar-refractivity contribution in [3.8, 4) is 11.5 Å². The van der Waals surface area contributed by atoms with Gasteiger partial charge in [0.25, 0.3) is 0 Å². The molecule has 20 heavy (non-hydrogen) atoms. The Kier molecular flexibility index (Phi) is 4.08. The van der Waals surface area contributed by atoms with Crippen LogP contribution < -0.4 is 0 Å². The number of rotatable bonds is 3. The van der Waals surface area contributed by atoms with Crippen molar-refractivity contribution in [1.82, 2.24) is 0 Å². The Morgan fingerprint density at radius 3 is 2.50 bits per heavy atom. The summed E-state index contributed by atoms with van der Waals surface area (Å²) in [5.41, 5.74) is 3.47. The Morgan fingerprint density at radius 1 is 1.10 bits per heavy atom. The zero-order chi connectivity index (χ0) is 14.7. The zero-order valence-electron chi connectivity index (χ0n) is 12.0. The molecule has 0 unspecified atom stereocenters. The van der Waals surface area contributed by atoms with Crippen molar-refractivity contribution in [2.45, 2.75) is 26.7 Å². The van der Waals surface area contributed by atoms with Crippen LogP contribution in [0.25, 0.3) is 0 Å². The highest BCUT2D eigenvalue weighted by atomic mass is 16.3. The fourth-order valence-electron chi connectivity index (χ4n) is 2.05. The van der Waals surface area contributed by atoms with E-state index >= 15 is 0 Å². The molecule has 0 aliphatic heterocycles. The van der Waals surface area contributed by atoms with Gasteiger partial charge in [-0.25, -0.2) is 0 Å². The number of benzene rings is 2. The highest BCUT2D eigenvalue weighted by molar-refractivity contribution is 5.83. The maximum atomic E-state index is 9.92. The van der Waals surface area contributed by atoms with Crippen molar-refractivity contribution in [1.29, 1.82) is 0 Å². The molecule has 0 amide bonds. The fraction of sp³-hybridized carbons (Fsp3) is 0.235. The summed E-state index contributed by atoms with van der Waals surface area (Å²) in [7, 11) is 0. The van der Waals surface area contributed by atoms with Crippen LogP contribution in [0.4, 0.5) is 5.69 Å². The highest BCUT2D eigenvalue weighted by Crippen LogP contribution is 2.32. The summed E-state index contributed by atoms with van der Waals surface area (Å²) in [6.07, 6.45) is 1.71. The first-order chi connectivity index (χ1) is 9.47. The molecule has 0 radical (unpaired) electrons. The number of hydrogen-bond donors (Lipinski definition) is 2. The van der Waals surface area contributed by atoms with Crippen molar-refractivity contribution in [3.05, 3.63) is 53.1 Å². The maximum absolute atomic E-state index is 9.92. The lowest BCUT2D eigenvalue weighted by molar-refractivity contribution is 0.464. The van der Waals surface area contributed by atoms with Gasteiger partial charge in [0.15, 0.2) is 0 Å². The van der Waals surface area contributed by atoms with Crippen molar-refractivity contribution in [2.75, 3.05) is 0 Å². The Hall–Kier alpha value is -2.29. The molecule has 0 aromatic heterocycles. The van der Waals surface area contributed by atoms with Gasteiger partial charge >= 0.3 is 0 Å². The number of aromatic hydroxyl groups is 2. The molecule has 0 aliphatic carbocycles. The number of hydrogen-bond acceptors (Lipinski definition) is 3. The fourth-order valence-corrected chi connectivity index (χ4v) is 2.05. The summed E-state index contributed by atoms with van der Waals surface area (Å²) in [5.74, 6) is 0.776. The molecule has 0 aliphatic rings. The quantitative estimate of drug-likeness (QED) is 0.817. The topological polar surface area (TPSA) is 52.8 Å². The minimum absolute atomic E-state index is 0.222. The molecule has 0 spiro atoms. The van der Waals surface area contributed by atoms with E-state index in [1.54, 1.807) is 30.5 Å². The van der Waals surface area contributed by atoms with Crippen LogP contribution in [-0.4, -0.2) is 16.4 Å². The average molecular weight is 269 g/mol. The largest absolute Gasteiger partial charge is 0.508 e. The first-order valence-corrected chi connectivity index (χ1v) is 6.64. The summed E-state index contributed by atoms with van der Waals surface area (Å²) in [5, 5.41) is 19.3. The van der Waals surface area contributed by atoms with Crippen LogP contribution in [0.2, 0.25) is 0 Å². The van der Waals surface area contributed by atoms with Crippen molar-refractivity contribution in [2.24, 2.45) is 4.99 Å². The second kappa shape index (κ2) is 5.78. The third kappa shape index (κ3) is 3.18. The molecule has 104 valence electrons. The summed E-state index contributed by atoms with van der Waals surface area (Å²) >= 11 is 0. The lowest BCUT2D eigenvalue weighted by Crippen LogP contribution is -1.90. The average Bonchev–Trinajstić information content (AvgIpc) is 2.37. The van der Waals surface area contributed by atoms with Crippen LogP contribution in [0.5, 0.6) is 11.5 Å². The second-order valence-corrected chi connectivity index (χ2v) is 5.21. The number of nitrogens with zero attached hydrogens (tertiary/aromatic N) is 1. The van der Waals surface area contributed by atoms with Gasteiger partial charge in [0, 0.05) is 6.21 Å². The predicted octanol–water partition coefficient (Wildman–Crippen LogP) is 4.28. The molecule has 0 saturated heterocycles. The molecular weight excluding hydrogens is 250 g/mol. The van der Waals surface area contributed by atoms with Gasteiger partial charge in [0.2, 0.25) is 0 Å². The monoisotopic (exact) mass is 269 g/mol. The smallest absolute Gasteiger partial charge is 0.119 e. The van der Waals surface area contributed by atoms with Gasteiger partial charge in [0.05, 0.1) is 5.69 Å². The summed E-state index contributed by atoms with van der Waals surface area (Å²) < 4.78 is 0. The van der Waals surface area contributed by atoms with E-state index in [1.807, 2.05) is 32.9 Å². The lowest BCUT2D eigenvalue weighted by Gasteiger charge is -2.11. The molecule has 0 fully saturated rings. The van der Waals surface area contributed by atoms with Crippen LogP contribution in [0.15, 0.2) is 41.4 Å². The Morgan fingerprint density at radius 2 is 1.85 bits per heavy atom. The summed E-state index contributed by atoms with van der Waals surface area (Å²) in [6, 6.07) is 10.6. The van der Waals surface area contributed by atoms with Crippen molar-refractivity contribution >= 4 is 11.9 Å². The van der Waals surface area contributed by atoms with Gasteiger partial charge < -0.3 is 10.2 Å². The molecule has 0 atom stereocenters. The second-order valence-electron chi connectivity index (χ2n) is 5.21. The van der Waals surface area contributed by atoms with Gasteiger partial charge in [-0.05, 0) is 53.8 Å². The van der Waals surface area contributed by atoms with Crippen molar-refractivity contribution < 1.29 is 10.2 Å². The molecule has 0 bridgehead atoms. The number of aliphatic imine (C=N–C) groups is 1. The third-order valence-electron chi connectivity index (χ3n) is 3.19. The first-order valence-electron chi connectivity index (χ1n) is 6.64. The minimum Gasteiger partial charge on any atom is -0.508 e. The molecule has 3 heteroatoms. The van der Waals surface area contributed by atoms with Crippen molar-refractivity contribution in [3.63, 3.8) is 0 Å². The maximum Gasteiger partial charge on any atom is 0.119 e. The van der Waals surface area contributed by atoms with Crippen LogP contribution in [0.3, 0.4) is 0 Å². The molecule has 0 heterocycles. The summed E-state index contributed by atoms with van der Waals surface area (Å²) in [4.78, 5) is 4.45. The predicted molar refractivity (Wildman–Crippen MR) is 82.3 cm³/mol. The van der Waals surface area contributed by atoms with E-state index in [-0.39, 0.29) is 11.7 Å².